The summed E-state index contributed by atoms with van der Waals surface area (Å²) < 4.78 is 7.40. The summed E-state index contributed by atoms with van der Waals surface area (Å²) in [4.78, 5) is 13.3. The Kier molecular flexibility index (Phi) is 5.67. The highest BCUT2D eigenvalue weighted by molar-refractivity contribution is 8.00. The second kappa shape index (κ2) is 8.39. The Morgan fingerprint density at radius 3 is 2.67 bits per heavy atom. The first-order valence-electron chi connectivity index (χ1n) is 9.93. The zero-order valence-corrected chi connectivity index (χ0v) is 18.3. The van der Waals surface area contributed by atoms with E-state index in [9.17, 15) is 4.79 Å². The van der Waals surface area contributed by atoms with Gasteiger partial charge in [-0.2, -0.15) is 0 Å². The molecule has 1 amide bonds. The first-order chi connectivity index (χ1) is 14.5. The van der Waals surface area contributed by atoms with Gasteiger partial charge in [-0.05, 0) is 62.6 Å². The predicted molar refractivity (Wildman–Crippen MR) is 119 cm³/mol. The molecule has 0 radical (unpaired) electrons. The van der Waals surface area contributed by atoms with Gasteiger partial charge in [0.25, 0.3) is 0 Å². The number of hydrogen-bond acceptors (Lipinski definition) is 6. The van der Waals surface area contributed by atoms with Crippen molar-refractivity contribution in [2.45, 2.75) is 44.1 Å². The molecule has 1 aromatic heterocycles. The number of nitrogens with one attached hydrogen (secondary N) is 2. The van der Waals surface area contributed by atoms with Crippen LogP contribution in [0.5, 0.6) is 5.75 Å². The van der Waals surface area contributed by atoms with Gasteiger partial charge in [-0.1, -0.05) is 36.0 Å². The van der Waals surface area contributed by atoms with E-state index in [1.807, 2.05) is 74.8 Å². The summed E-state index contributed by atoms with van der Waals surface area (Å²) in [6.07, 6.45) is 0. The second-order valence-corrected chi connectivity index (χ2v) is 8.36. The predicted octanol–water partition coefficient (Wildman–Crippen LogP) is 4.00. The second-order valence-electron chi connectivity index (χ2n) is 7.25. The van der Waals surface area contributed by atoms with E-state index in [-0.39, 0.29) is 11.9 Å². The lowest BCUT2D eigenvalue weighted by atomic mass is 10.0. The van der Waals surface area contributed by atoms with Gasteiger partial charge in [0.1, 0.15) is 16.8 Å². The Hall–Kier alpha value is -3.00. The minimum atomic E-state index is -0.418. The van der Waals surface area contributed by atoms with Crippen molar-refractivity contribution in [1.82, 2.24) is 14.9 Å². The molecular weight excluding hydrogens is 398 g/mol. The highest BCUT2D eigenvalue weighted by Gasteiger charge is 2.37. The van der Waals surface area contributed by atoms with Crippen LogP contribution in [0.1, 0.15) is 35.5 Å². The standard InChI is InChI=1S/C22H25N5O2S/c1-5-29-17-11-9-16(10-12-17)19-20(30-22-25-24-15(4)27(22)26-19)21(28)23-18-8-6-7-13(2)14(18)3/h6-12,19-20,26H,5H2,1-4H3,(H,23,28)/t19-,20-/m0/s1. The molecule has 2 heterocycles. The number of thioether (sulfide) groups is 1. The molecule has 8 heteroatoms. The number of nitrogens with zero attached hydrogens (tertiary/aromatic N) is 3. The van der Waals surface area contributed by atoms with Crippen molar-refractivity contribution in [3.63, 3.8) is 0 Å². The van der Waals surface area contributed by atoms with Crippen LogP contribution in [0.3, 0.4) is 0 Å². The molecule has 0 fully saturated rings. The molecule has 1 aliphatic rings. The monoisotopic (exact) mass is 423 g/mol. The summed E-state index contributed by atoms with van der Waals surface area (Å²) >= 11 is 1.42. The minimum absolute atomic E-state index is 0.0769. The third kappa shape index (κ3) is 3.87. The molecule has 156 valence electrons. The molecule has 1 aliphatic heterocycles. The molecule has 0 spiro atoms. The van der Waals surface area contributed by atoms with E-state index in [2.05, 4.69) is 20.9 Å². The average Bonchev–Trinajstić information content (AvgIpc) is 3.11. The number of aromatic nitrogens is 3. The summed E-state index contributed by atoms with van der Waals surface area (Å²) in [5.41, 5.74) is 7.45. The van der Waals surface area contributed by atoms with Crippen LogP contribution in [0, 0.1) is 20.8 Å². The van der Waals surface area contributed by atoms with Gasteiger partial charge >= 0.3 is 0 Å². The molecule has 7 nitrogen and oxygen atoms in total. The lowest BCUT2D eigenvalue weighted by Crippen LogP contribution is -2.41. The average molecular weight is 424 g/mol. The van der Waals surface area contributed by atoms with Crippen LogP contribution in [0.15, 0.2) is 47.6 Å². The summed E-state index contributed by atoms with van der Waals surface area (Å²) in [6.45, 7) is 8.51. The Morgan fingerprint density at radius 1 is 1.17 bits per heavy atom. The van der Waals surface area contributed by atoms with E-state index in [0.717, 1.165) is 34.0 Å². The lowest BCUT2D eigenvalue weighted by Gasteiger charge is -2.33. The van der Waals surface area contributed by atoms with Crippen molar-refractivity contribution < 1.29 is 9.53 Å². The largest absolute Gasteiger partial charge is 0.494 e. The van der Waals surface area contributed by atoms with Crippen LogP contribution in [-0.2, 0) is 4.79 Å². The summed E-state index contributed by atoms with van der Waals surface area (Å²) in [5.74, 6) is 1.48. The van der Waals surface area contributed by atoms with E-state index in [0.29, 0.717) is 11.8 Å². The van der Waals surface area contributed by atoms with Gasteiger partial charge in [0.15, 0.2) is 0 Å². The Labute approximate surface area is 180 Å². The number of benzene rings is 2. The van der Waals surface area contributed by atoms with Gasteiger partial charge in [-0.25, -0.2) is 4.68 Å². The summed E-state index contributed by atoms with van der Waals surface area (Å²) in [7, 11) is 0. The van der Waals surface area contributed by atoms with Crippen molar-refractivity contribution in [2.75, 3.05) is 17.3 Å². The topological polar surface area (TPSA) is 81.1 Å². The number of anilines is 1. The van der Waals surface area contributed by atoms with Crippen molar-refractivity contribution in [3.8, 4) is 5.75 Å². The van der Waals surface area contributed by atoms with Crippen molar-refractivity contribution in [3.05, 3.63) is 65.0 Å². The molecule has 0 unspecified atom stereocenters. The van der Waals surface area contributed by atoms with E-state index in [1.54, 1.807) is 0 Å². The van der Waals surface area contributed by atoms with E-state index in [1.165, 1.54) is 11.8 Å². The van der Waals surface area contributed by atoms with E-state index < -0.39 is 5.25 Å². The number of hydrogen-bond donors (Lipinski definition) is 2. The van der Waals surface area contributed by atoms with Crippen molar-refractivity contribution in [2.24, 2.45) is 0 Å². The third-order valence-corrected chi connectivity index (χ3v) is 6.48. The molecule has 4 rings (SSSR count). The van der Waals surface area contributed by atoms with Gasteiger partial charge in [-0.3, -0.25) is 4.79 Å². The molecule has 2 N–H and O–H groups in total. The normalized spacial score (nSPS) is 17.7. The molecule has 2 atom stereocenters. The van der Waals surface area contributed by atoms with Gasteiger partial charge in [0.05, 0.1) is 12.6 Å². The number of amides is 1. The summed E-state index contributed by atoms with van der Waals surface area (Å²) in [5, 5.41) is 11.7. The first kappa shape index (κ1) is 20.3. The molecule has 2 aromatic carbocycles. The Bertz CT molecular complexity index is 1060. The van der Waals surface area contributed by atoms with Crippen LogP contribution >= 0.6 is 11.8 Å². The number of carbonyl (C=O) groups is 1. The molecule has 3 aromatic rings. The molecule has 30 heavy (non-hydrogen) atoms. The van der Waals surface area contributed by atoms with Crippen molar-refractivity contribution in [1.29, 1.82) is 0 Å². The number of carbonyl (C=O) groups excluding carboxylic acids is 1. The number of fused-ring (bicyclic) bond motifs is 1. The van der Waals surface area contributed by atoms with Crippen LogP contribution in [0.25, 0.3) is 0 Å². The maximum atomic E-state index is 13.3. The smallest absolute Gasteiger partial charge is 0.240 e. The molecule has 0 aliphatic carbocycles. The highest BCUT2D eigenvalue weighted by atomic mass is 32.2. The highest BCUT2D eigenvalue weighted by Crippen LogP contribution is 2.38. The quantitative estimate of drug-likeness (QED) is 0.646. The Morgan fingerprint density at radius 2 is 1.93 bits per heavy atom. The molecular formula is C22H25N5O2S. The fourth-order valence-electron chi connectivity index (χ4n) is 3.44. The fraction of sp³-hybridized carbons (Fsp3) is 0.318. The van der Waals surface area contributed by atoms with E-state index >= 15 is 0 Å². The molecule has 0 saturated carbocycles. The molecule has 0 saturated heterocycles. The van der Waals surface area contributed by atoms with Crippen molar-refractivity contribution >= 4 is 23.4 Å². The number of aryl methyl sites for hydroxylation is 2. The first-order valence-corrected chi connectivity index (χ1v) is 10.8. The minimum Gasteiger partial charge on any atom is -0.494 e. The Balaban J connectivity index is 1.65. The summed E-state index contributed by atoms with van der Waals surface area (Å²) in [6, 6.07) is 13.5. The third-order valence-electron chi connectivity index (χ3n) is 5.27. The maximum Gasteiger partial charge on any atom is 0.240 e. The maximum absolute atomic E-state index is 13.3. The van der Waals surface area contributed by atoms with Gasteiger partial charge in [-0.15, -0.1) is 10.2 Å². The van der Waals surface area contributed by atoms with Crippen LogP contribution in [0.4, 0.5) is 5.69 Å². The van der Waals surface area contributed by atoms with Gasteiger partial charge in [0, 0.05) is 5.69 Å². The fourth-order valence-corrected chi connectivity index (χ4v) is 4.56. The van der Waals surface area contributed by atoms with Gasteiger partial charge < -0.3 is 15.5 Å². The van der Waals surface area contributed by atoms with E-state index in [4.69, 9.17) is 4.74 Å². The van der Waals surface area contributed by atoms with Gasteiger partial charge in [0.2, 0.25) is 11.1 Å². The molecule has 0 bridgehead atoms. The van der Waals surface area contributed by atoms with Crippen LogP contribution in [0.2, 0.25) is 0 Å². The lowest BCUT2D eigenvalue weighted by molar-refractivity contribution is -0.116. The zero-order chi connectivity index (χ0) is 21.3. The number of rotatable bonds is 5. The van der Waals surface area contributed by atoms with Crippen LogP contribution < -0.4 is 15.5 Å². The SMILES string of the molecule is CCOc1ccc([C@@H]2Nn3c(C)nnc3S[C@@H]2C(=O)Nc2cccc(C)c2C)cc1. The number of ether oxygens (including phenoxy) is 1. The zero-order valence-electron chi connectivity index (χ0n) is 17.5. The van der Waals surface area contributed by atoms with Crippen LogP contribution in [-0.4, -0.2) is 32.6 Å².